The van der Waals surface area contributed by atoms with Gasteiger partial charge in [0.05, 0.1) is 12.0 Å². The van der Waals surface area contributed by atoms with E-state index in [-0.39, 0.29) is 18.3 Å². The molecule has 1 aliphatic rings. The highest BCUT2D eigenvalue weighted by Gasteiger charge is 2.31. The molecule has 0 unspecified atom stereocenters. The number of nitrogens with one attached hydrogen (secondary N) is 1. The van der Waals surface area contributed by atoms with Crippen LogP contribution in [0.1, 0.15) is 17.5 Å². The molecule has 23 heavy (non-hydrogen) atoms. The summed E-state index contributed by atoms with van der Waals surface area (Å²) in [5.41, 5.74) is 2.51. The molecule has 1 aromatic carbocycles. The first-order valence-corrected chi connectivity index (χ1v) is 7.76. The molecular weight excluding hydrogens is 296 g/mol. The van der Waals surface area contributed by atoms with Crippen molar-refractivity contribution in [2.24, 2.45) is 5.92 Å². The fraction of sp³-hybridized carbons (Fsp3) is 0.529. The molecule has 6 heteroatoms. The summed E-state index contributed by atoms with van der Waals surface area (Å²) < 4.78 is 0. The number of nitrogens with zero attached hydrogens (tertiary/aromatic N) is 1. The molecule has 0 aliphatic carbocycles. The molecule has 1 heterocycles. The van der Waals surface area contributed by atoms with Crippen LogP contribution in [0.4, 0.5) is 0 Å². The van der Waals surface area contributed by atoms with Gasteiger partial charge in [0, 0.05) is 19.6 Å². The molecule has 2 rings (SSSR count). The number of aryl methyl sites for hydroxylation is 1. The number of aliphatic hydroxyl groups is 1. The Kier molecular flexibility index (Phi) is 8.29. The predicted molar refractivity (Wildman–Crippen MR) is 88.2 cm³/mol. The number of rotatable bonds is 4. The SMILES string of the molecule is Cc1ccccc1CCNC(=O)[C@@H]1CN(C)CC[C@H]1O.O=CO. The summed E-state index contributed by atoms with van der Waals surface area (Å²) in [6.45, 7) is 3.94. The maximum Gasteiger partial charge on any atom is 0.290 e. The van der Waals surface area contributed by atoms with Crippen molar-refractivity contribution in [2.45, 2.75) is 25.9 Å². The molecule has 1 saturated heterocycles. The molecular formula is C17H26N2O4. The first kappa shape index (κ1) is 19.1. The average molecular weight is 322 g/mol. The molecule has 1 aromatic rings. The fourth-order valence-electron chi connectivity index (χ4n) is 2.70. The van der Waals surface area contributed by atoms with E-state index in [0.29, 0.717) is 19.5 Å². The van der Waals surface area contributed by atoms with E-state index in [2.05, 4.69) is 29.3 Å². The molecule has 3 N–H and O–H groups in total. The molecule has 2 atom stereocenters. The number of carboxylic acid groups (broad SMARTS) is 1. The first-order valence-electron chi connectivity index (χ1n) is 7.76. The van der Waals surface area contributed by atoms with Gasteiger partial charge in [0.2, 0.25) is 5.91 Å². The number of likely N-dealkylation sites (tertiary alicyclic amines) is 1. The minimum atomic E-state index is -0.510. The summed E-state index contributed by atoms with van der Waals surface area (Å²) in [6.07, 6.45) is 0.994. The third kappa shape index (κ3) is 6.38. The van der Waals surface area contributed by atoms with Crippen molar-refractivity contribution in [3.63, 3.8) is 0 Å². The van der Waals surface area contributed by atoms with E-state index in [9.17, 15) is 9.90 Å². The van der Waals surface area contributed by atoms with Crippen LogP contribution in [0.15, 0.2) is 24.3 Å². The second-order valence-corrected chi connectivity index (χ2v) is 5.80. The highest BCUT2D eigenvalue weighted by molar-refractivity contribution is 5.79. The van der Waals surface area contributed by atoms with E-state index in [0.717, 1.165) is 13.0 Å². The zero-order chi connectivity index (χ0) is 17.2. The Balaban J connectivity index is 0.000000816. The Hall–Kier alpha value is -1.92. The number of carbonyl (C=O) groups excluding carboxylic acids is 1. The second-order valence-electron chi connectivity index (χ2n) is 5.80. The number of piperidine rings is 1. The number of carbonyl (C=O) groups is 2. The zero-order valence-electron chi connectivity index (χ0n) is 13.7. The van der Waals surface area contributed by atoms with Crippen LogP contribution in [0.3, 0.4) is 0 Å². The number of aliphatic hydroxyl groups excluding tert-OH is 1. The number of hydrogen-bond acceptors (Lipinski definition) is 4. The van der Waals surface area contributed by atoms with Crippen LogP contribution in [-0.4, -0.2) is 60.3 Å². The van der Waals surface area contributed by atoms with Gasteiger partial charge in [-0.25, -0.2) is 0 Å². The van der Waals surface area contributed by atoms with Gasteiger partial charge in [-0.05, 0) is 37.9 Å². The Labute approximate surface area is 137 Å². The number of amides is 1. The summed E-state index contributed by atoms with van der Waals surface area (Å²) in [7, 11) is 1.99. The first-order chi connectivity index (χ1) is 11.0. The van der Waals surface area contributed by atoms with Gasteiger partial charge < -0.3 is 20.4 Å². The monoisotopic (exact) mass is 322 g/mol. The molecule has 1 fully saturated rings. The molecule has 0 bridgehead atoms. The van der Waals surface area contributed by atoms with Crippen LogP contribution >= 0.6 is 0 Å². The van der Waals surface area contributed by atoms with Gasteiger partial charge >= 0.3 is 0 Å². The van der Waals surface area contributed by atoms with Gasteiger partial charge in [-0.3, -0.25) is 9.59 Å². The van der Waals surface area contributed by atoms with Crippen LogP contribution in [0.5, 0.6) is 0 Å². The largest absolute Gasteiger partial charge is 0.483 e. The van der Waals surface area contributed by atoms with Crippen LogP contribution in [0.2, 0.25) is 0 Å². The second kappa shape index (κ2) is 9.97. The van der Waals surface area contributed by atoms with Gasteiger partial charge in [-0.15, -0.1) is 0 Å². The summed E-state index contributed by atoms with van der Waals surface area (Å²) in [4.78, 5) is 22.6. The molecule has 0 spiro atoms. The molecule has 1 aliphatic heterocycles. The van der Waals surface area contributed by atoms with Crippen LogP contribution in [0, 0.1) is 12.8 Å². The van der Waals surface area contributed by atoms with Gasteiger partial charge in [0.1, 0.15) is 0 Å². The average Bonchev–Trinajstić information content (AvgIpc) is 2.52. The van der Waals surface area contributed by atoms with E-state index in [1.54, 1.807) is 0 Å². The predicted octanol–water partition coefficient (Wildman–Crippen LogP) is 0.667. The Bertz CT molecular complexity index is 507. The molecule has 0 aromatic heterocycles. The van der Waals surface area contributed by atoms with Crippen molar-refractivity contribution >= 4 is 12.4 Å². The van der Waals surface area contributed by atoms with Gasteiger partial charge in [-0.2, -0.15) is 0 Å². The molecule has 128 valence electrons. The third-order valence-electron chi connectivity index (χ3n) is 4.07. The van der Waals surface area contributed by atoms with E-state index >= 15 is 0 Å². The van der Waals surface area contributed by atoms with Gasteiger partial charge in [-0.1, -0.05) is 24.3 Å². The van der Waals surface area contributed by atoms with E-state index in [1.807, 2.05) is 19.2 Å². The highest BCUT2D eigenvalue weighted by Crippen LogP contribution is 2.16. The smallest absolute Gasteiger partial charge is 0.290 e. The van der Waals surface area contributed by atoms with Crippen molar-refractivity contribution in [1.29, 1.82) is 0 Å². The Morgan fingerprint density at radius 2 is 2.09 bits per heavy atom. The van der Waals surface area contributed by atoms with Crippen LogP contribution in [-0.2, 0) is 16.0 Å². The lowest BCUT2D eigenvalue weighted by atomic mass is 9.94. The van der Waals surface area contributed by atoms with Crippen LogP contribution < -0.4 is 5.32 Å². The highest BCUT2D eigenvalue weighted by atomic mass is 16.3. The lowest BCUT2D eigenvalue weighted by Crippen LogP contribution is -2.49. The standard InChI is InChI=1S/C16H24N2O2.CH2O2/c1-12-5-3-4-6-13(12)7-9-17-16(20)14-11-18(2)10-8-15(14)19;2-1-3/h3-6,14-15,19H,7-11H2,1-2H3,(H,17,20);1H,(H,2,3)/t14-,15-;/m1./s1. The molecule has 0 radical (unpaired) electrons. The lowest BCUT2D eigenvalue weighted by molar-refractivity contribution is -0.131. The van der Waals surface area contributed by atoms with Gasteiger partial charge in [0.25, 0.3) is 6.47 Å². The molecule has 1 amide bonds. The third-order valence-corrected chi connectivity index (χ3v) is 4.07. The summed E-state index contributed by atoms with van der Waals surface area (Å²) in [6, 6.07) is 8.21. The quantitative estimate of drug-likeness (QED) is 0.709. The van der Waals surface area contributed by atoms with Crippen molar-refractivity contribution in [3.05, 3.63) is 35.4 Å². The normalized spacial score (nSPS) is 21.0. The summed E-state index contributed by atoms with van der Waals surface area (Å²) in [5.74, 6) is -0.330. The van der Waals surface area contributed by atoms with Crippen molar-refractivity contribution in [3.8, 4) is 0 Å². The number of hydrogen-bond donors (Lipinski definition) is 3. The lowest BCUT2D eigenvalue weighted by Gasteiger charge is -2.32. The van der Waals surface area contributed by atoms with E-state index in [4.69, 9.17) is 9.90 Å². The zero-order valence-corrected chi connectivity index (χ0v) is 13.7. The molecule has 6 nitrogen and oxygen atoms in total. The van der Waals surface area contributed by atoms with Crippen molar-refractivity contribution in [2.75, 3.05) is 26.7 Å². The van der Waals surface area contributed by atoms with E-state index < -0.39 is 6.10 Å². The summed E-state index contributed by atoms with van der Waals surface area (Å²) in [5, 5.41) is 19.8. The van der Waals surface area contributed by atoms with E-state index in [1.165, 1.54) is 11.1 Å². The molecule has 0 saturated carbocycles. The number of benzene rings is 1. The van der Waals surface area contributed by atoms with Crippen molar-refractivity contribution in [1.82, 2.24) is 10.2 Å². The van der Waals surface area contributed by atoms with Crippen LogP contribution in [0.25, 0.3) is 0 Å². The van der Waals surface area contributed by atoms with Gasteiger partial charge in [0.15, 0.2) is 0 Å². The Morgan fingerprint density at radius 3 is 2.74 bits per heavy atom. The van der Waals surface area contributed by atoms with Crippen molar-refractivity contribution < 1.29 is 19.8 Å². The maximum atomic E-state index is 12.1. The topological polar surface area (TPSA) is 89.9 Å². The minimum Gasteiger partial charge on any atom is -0.483 e. The summed E-state index contributed by atoms with van der Waals surface area (Å²) >= 11 is 0. The minimum absolute atomic E-state index is 0.0300. The Morgan fingerprint density at radius 1 is 1.43 bits per heavy atom. The fourth-order valence-corrected chi connectivity index (χ4v) is 2.70. The maximum absolute atomic E-state index is 12.1.